The van der Waals surface area contributed by atoms with Crippen molar-refractivity contribution in [3.63, 3.8) is 0 Å². The van der Waals surface area contributed by atoms with Crippen LogP contribution in [0.25, 0.3) is 97.7 Å². The predicted octanol–water partition coefficient (Wildman–Crippen LogP) is 16.0. The van der Waals surface area contributed by atoms with Gasteiger partial charge < -0.3 is 4.57 Å². The van der Waals surface area contributed by atoms with Crippen LogP contribution in [0.5, 0.6) is 0 Å². The van der Waals surface area contributed by atoms with Gasteiger partial charge in [0.2, 0.25) is 0 Å². The van der Waals surface area contributed by atoms with Gasteiger partial charge in [0.05, 0.1) is 11.0 Å². The van der Waals surface area contributed by atoms with E-state index in [-0.39, 0.29) is 0 Å². The van der Waals surface area contributed by atoms with Gasteiger partial charge in [-0.15, -0.1) is 11.3 Å². The first-order valence-corrected chi connectivity index (χ1v) is 20.3. The molecule has 0 atom stereocenters. The normalized spacial score (nSPS) is 12.1. The minimum absolute atomic E-state index is 1.16. The maximum atomic E-state index is 3.84. The molecule has 0 aliphatic carbocycles. The Morgan fingerprint density at radius 3 is 1.81 bits per heavy atom. The van der Waals surface area contributed by atoms with Crippen LogP contribution < -0.4 is 0 Å². The van der Waals surface area contributed by atoms with Crippen LogP contribution in [-0.4, -0.2) is 4.57 Å². The number of allylic oxidation sites excluding steroid dienone is 5. The molecule has 0 saturated heterocycles. The van der Waals surface area contributed by atoms with Crippen molar-refractivity contribution in [3.8, 4) is 50.2 Å². The van der Waals surface area contributed by atoms with Crippen LogP contribution in [0.3, 0.4) is 0 Å². The third-order valence-corrected chi connectivity index (χ3v) is 12.4. The summed E-state index contributed by atoms with van der Waals surface area (Å²) in [4.78, 5) is 0. The van der Waals surface area contributed by atoms with Gasteiger partial charge in [0.25, 0.3) is 0 Å². The quantitative estimate of drug-likeness (QED) is 0.137. The number of thiophene rings is 1. The van der Waals surface area contributed by atoms with E-state index in [2.05, 4.69) is 212 Å². The number of para-hydroxylation sites is 2. The molecular weight excluding hydrogens is 707 g/mol. The number of hydrogen-bond acceptors (Lipinski definition) is 1. The molecule has 57 heavy (non-hydrogen) atoms. The zero-order valence-electron chi connectivity index (χ0n) is 31.7. The van der Waals surface area contributed by atoms with Gasteiger partial charge in [-0.2, -0.15) is 0 Å². The molecule has 8 aromatic carbocycles. The van der Waals surface area contributed by atoms with Crippen LogP contribution in [0.1, 0.15) is 12.5 Å². The fourth-order valence-electron chi connectivity index (χ4n) is 8.34. The van der Waals surface area contributed by atoms with Gasteiger partial charge in [-0.1, -0.05) is 164 Å². The van der Waals surface area contributed by atoms with E-state index in [1.807, 2.05) is 23.5 Å². The van der Waals surface area contributed by atoms with E-state index in [0.717, 1.165) is 5.69 Å². The fourth-order valence-corrected chi connectivity index (χ4v) is 9.75. The summed E-state index contributed by atoms with van der Waals surface area (Å²) >= 11 is 1.90. The first-order chi connectivity index (χ1) is 28.1. The summed E-state index contributed by atoms with van der Waals surface area (Å²) in [5, 5.41) is 5.08. The number of hydrogen-bond donors (Lipinski definition) is 0. The van der Waals surface area contributed by atoms with Crippen molar-refractivity contribution in [1.82, 2.24) is 4.57 Å². The largest absolute Gasteiger partial charge is 0.309 e. The Labute approximate surface area is 337 Å². The molecule has 0 radical (unpaired) electrons. The molecule has 0 fully saturated rings. The van der Waals surface area contributed by atoms with Gasteiger partial charge in [0.1, 0.15) is 0 Å². The molecule has 270 valence electrons. The lowest BCUT2D eigenvalue weighted by Crippen LogP contribution is -1.93. The monoisotopic (exact) mass is 745 g/mol. The molecule has 2 heteroatoms. The molecule has 0 bridgehead atoms. The second kappa shape index (κ2) is 14.6. The highest BCUT2D eigenvalue weighted by atomic mass is 32.1. The van der Waals surface area contributed by atoms with Gasteiger partial charge in [-0.25, -0.2) is 0 Å². The molecule has 0 amide bonds. The van der Waals surface area contributed by atoms with Crippen molar-refractivity contribution in [1.29, 1.82) is 0 Å². The van der Waals surface area contributed by atoms with Gasteiger partial charge in [0.15, 0.2) is 0 Å². The van der Waals surface area contributed by atoms with Crippen molar-refractivity contribution in [2.75, 3.05) is 0 Å². The summed E-state index contributed by atoms with van der Waals surface area (Å²) in [6, 6.07) is 66.7. The van der Waals surface area contributed by atoms with Crippen LogP contribution in [0.2, 0.25) is 0 Å². The van der Waals surface area contributed by atoms with E-state index < -0.39 is 0 Å². The molecule has 1 nitrogen and oxygen atoms in total. The number of nitrogens with zero attached hydrogens (tertiary/aromatic N) is 1. The van der Waals surface area contributed by atoms with E-state index >= 15 is 0 Å². The molecule has 10 rings (SSSR count). The molecule has 0 spiro atoms. The second-order valence-corrected chi connectivity index (χ2v) is 15.6. The SMILES string of the molecule is C=C/C=C\C=C(/C)c1cccc2c1sc1c(-c3cc(-c4ccc(-c5ccccc5)cc4)cc(-c4ccc5c(c4)c4ccccc4n5-c4ccccc4)c3)cccc12. The summed E-state index contributed by atoms with van der Waals surface area (Å²) in [6.45, 7) is 6.03. The summed E-state index contributed by atoms with van der Waals surface area (Å²) in [5.74, 6) is 0. The van der Waals surface area contributed by atoms with Crippen LogP contribution in [0, 0.1) is 0 Å². The lowest BCUT2D eigenvalue weighted by atomic mass is 9.91. The highest BCUT2D eigenvalue weighted by Crippen LogP contribution is 2.45. The van der Waals surface area contributed by atoms with E-state index in [9.17, 15) is 0 Å². The highest BCUT2D eigenvalue weighted by molar-refractivity contribution is 7.26. The van der Waals surface area contributed by atoms with Crippen molar-refractivity contribution < 1.29 is 0 Å². The molecule has 0 saturated carbocycles. The summed E-state index contributed by atoms with van der Waals surface area (Å²) in [5.41, 5.74) is 15.8. The Morgan fingerprint density at radius 2 is 1.04 bits per heavy atom. The third kappa shape index (κ3) is 6.21. The molecular formula is C55H39NS. The van der Waals surface area contributed by atoms with E-state index in [1.54, 1.807) is 0 Å². The molecule has 0 aliphatic rings. The second-order valence-electron chi connectivity index (χ2n) is 14.6. The zero-order valence-corrected chi connectivity index (χ0v) is 32.5. The van der Waals surface area contributed by atoms with Gasteiger partial charge >= 0.3 is 0 Å². The minimum atomic E-state index is 1.16. The number of rotatable bonds is 8. The number of fused-ring (bicyclic) bond motifs is 6. The molecule has 0 aliphatic heterocycles. The molecule has 0 N–H and O–H groups in total. The molecule has 0 unspecified atom stereocenters. The Bertz CT molecular complexity index is 3170. The summed E-state index contributed by atoms with van der Waals surface area (Å²) in [7, 11) is 0. The Kier molecular flexibility index (Phi) is 8.82. The number of benzene rings is 8. The Morgan fingerprint density at radius 1 is 0.456 bits per heavy atom. The third-order valence-electron chi connectivity index (χ3n) is 11.1. The summed E-state index contributed by atoms with van der Waals surface area (Å²) in [6.07, 6.45) is 8.04. The number of aromatic nitrogens is 1. The van der Waals surface area contributed by atoms with Crippen molar-refractivity contribution in [2.24, 2.45) is 0 Å². The van der Waals surface area contributed by atoms with Crippen LogP contribution >= 0.6 is 11.3 Å². The fraction of sp³-hybridized carbons (Fsp3) is 0.0182. The van der Waals surface area contributed by atoms with Gasteiger partial charge in [-0.3, -0.25) is 0 Å². The van der Waals surface area contributed by atoms with Crippen LogP contribution in [0.15, 0.2) is 213 Å². The zero-order chi connectivity index (χ0) is 38.3. The van der Waals surface area contributed by atoms with Gasteiger partial charge in [0, 0.05) is 36.6 Å². The van der Waals surface area contributed by atoms with Crippen molar-refractivity contribution in [2.45, 2.75) is 6.92 Å². The van der Waals surface area contributed by atoms with Gasteiger partial charge in [-0.05, 0) is 111 Å². The summed E-state index contributed by atoms with van der Waals surface area (Å²) < 4.78 is 5.00. The topological polar surface area (TPSA) is 4.93 Å². The first kappa shape index (κ1) is 34.5. The molecule has 2 aromatic heterocycles. The highest BCUT2D eigenvalue weighted by Gasteiger charge is 2.17. The average Bonchev–Trinajstić information content (AvgIpc) is 3.83. The average molecular weight is 746 g/mol. The lowest BCUT2D eigenvalue weighted by molar-refractivity contribution is 1.18. The lowest BCUT2D eigenvalue weighted by Gasteiger charge is -2.13. The Balaban J connectivity index is 1.17. The van der Waals surface area contributed by atoms with Crippen molar-refractivity contribution >= 4 is 58.9 Å². The first-order valence-electron chi connectivity index (χ1n) is 19.5. The minimum Gasteiger partial charge on any atom is -0.309 e. The smallest absolute Gasteiger partial charge is 0.0541 e. The van der Waals surface area contributed by atoms with E-state index in [4.69, 9.17) is 0 Å². The van der Waals surface area contributed by atoms with Crippen LogP contribution in [0.4, 0.5) is 0 Å². The maximum Gasteiger partial charge on any atom is 0.0541 e. The predicted molar refractivity (Wildman–Crippen MR) is 248 cm³/mol. The van der Waals surface area contributed by atoms with E-state index in [0.29, 0.717) is 0 Å². The molecule has 2 heterocycles. The standard InChI is InChI=1S/C55H39NS/c1-3-4-7-16-37(2)46-22-14-24-49-50-25-15-23-47(55(50)57-54(46)49)44-34-42(40-29-27-39(28-30-40)38-17-8-5-9-18-38)33-43(35-44)41-31-32-53-51(36-41)48-21-12-13-26-52(48)56(53)45-19-10-6-11-20-45/h3-36H,1H2,2H3/b7-4-,37-16+. The molecule has 10 aromatic rings. The Hall–Kier alpha value is -7.00. The van der Waals surface area contributed by atoms with E-state index in [1.165, 1.54) is 97.6 Å². The van der Waals surface area contributed by atoms with Crippen molar-refractivity contribution in [3.05, 3.63) is 218 Å². The maximum absolute atomic E-state index is 3.84. The van der Waals surface area contributed by atoms with Crippen LogP contribution in [-0.2, 0) is 0 Å².